The summed E-state index contributed by atoms with van der Waals surface area (Å²) in [5.41, 5.74) is 0.503. The van der Waals surface area contributed by atoms with Crippen LogP contribution >= 0.6 is 23.7 Å². The number of alkyl halides is 1. The number of pyridine rings is 1. The number of nitrogens with one attached hydrogen (secondary N) is 3. The van der Waals surface area contributed by atoms with Crippen LogP contribution in [0.4, 0.5) is 10.2 Å². The number of nitrogens with zero attached hydrogens (tertiary/aromatic N) is 3. The first-order valence-electron chi connectivity index (χ1n) is 11.6. The third-order valence-corrected chi connectivity index (χ3v) is 9.56. The smallest absolute Gasteiger partial charge is 0.158 e. The Labute approximate surface area is 201 Å². The highest BCUT2D eigenvalue weighted by molar-refractivity contribution is 8.27. The molecule has 0 radical (unpaired) electrons. The van der Waals surface area contributed by atoms with E-state index in [1.807, 2.05) is 4.52 Å². The lowest BCUT2D eigenvalue weighted by molar-refractivity contribution is -0.124. The number of anilines is 1. The summed E-state index contributed by atoms with van der Waals surface area (Å²) in [7, 11) is 0. The molecular formula is C23H29FN6OS2. The van der Waals surface area contributed by atoms with Crippen LogP contribution in [0.2, 0.25) is 0 Å². The molecule has 4 aliphatic rings. The number of fused-ring (bicyclic) bond motifs is 1. The predicted molar refractivity (Wildman–Crippen MR) is 132 cm³/mol. The van der Waals surface area contributed by atoms with Gasteiger partial charge in [-0.05, 0) is 69.5 Å². The number of ether oxygens (including phenoxy) is 1. The summed E-state index contributed by atoms with van der Waals surface area (Å²) >= 11 is 2.55. The van der Waals surface area contributed by atoms with E-state index >= 15 is 0 Å². The van der Waals surface area contributed by atoms with Crippen LogP contribution in [0.25, 0.3) is 5.52 Å². The maximum absolute atomic E-state index is 14.3. The second kappa shape index (κ2) is 7.69. The van der Waals surface area contributed by atoms with E-state index in [-0.39, 0.29) is 15.6 Å². The molecular weight excluding hydrogens is 459 g/mol. The van der Waals surface area contributed by atoms with E-state index in [9.17, 15) is 4.39 Å². The normalized spacial score (nSPS) is 24.0. The number of hydrogen-bond donors (Lipinski definition) is 3. The maximum atomic E-state index is 14.3. The second-order valence-corrected chi connectivity index (χ2v) is 12.3. The van der Waals surface area contributed by atoms with Crippen molar-refractivity contribution >= 4 is 45.1 Å². The standard InChI is InChI=1S/C23H29FN6OS2/c1-21(2-3-21)28-33-15-10-17-16(19(25)32-20(26)23(24)4-5-23)12-27-30(17)18(11-15)29-8-6-22(7-9-29)13-31-14-22/h10-12,25-26,28H,2-9,13-14H2,1H3. The van der Waals surface area contributed by atoms with E-state index in [1.165, 1.54) is 12.8 Å². The van der Waals surface area contributed by atoms with Gasteiger partial charge in [0, 0.05) is 28.9 Å². The third-order valence-electron chi connectivity index (χ3n) is 7.50. The lowest BCUT2D eigenvalue weighted by atomic mass is 9.77. The molecule has 0 amide bonds. The summed E-state index contributed by atoms with van der Waals surface area (Å²) in [5, 5.41) is 21.4. The Morgan fingerprint density at radius 1 is 1.12 bits per heavy atom. The average molecular weight is 489 g/mol. The fraction of sp³-hybridized carbons (Fsp3) is 0.609. The molecule has 176 valence electrons. The van der Waals surface area contributed by atoms with Gasteiger partial charge in [-0.3, -0.25) is 15.5 Å². The van der Waals surface area contributed by atoms with Gasteiger partial charge in [0.15, 0.2) is 5.67 Å². The molecule has 2 aliphatic carbocycles. The van der Waals surface area contributed by atoms with Crippen molar-refractivity contribution in [2.45, 2.75) is 61.6 Å². The molecule has 6 rings (SSSR count). The van der Waals surface area contributed by atoms with Crippen molar-refractivity contribution < 1.29 is 9.13 Å². The molecule has 33 heavy (non-hydrogen) atoms. The van der Waals surface area contributed by atoms with Gasteiger partial charge in [-0.25, -0.2) is 8.91 Å². The molecule has 4 heterocycles. The van der Waals surface area contributed by atoms with Crippen LogP contribution < -0.4 is 9.62 Å². The molecule has 0 unspecified atom stereocenters. The zero-order valence-corrected chi connectivity index (χ0v) is 20.4. The highest BCUT2D eigenvalue weighted by atomic mass is 32.2. The van der Waals surface area contributed by atoms with Crippen molar-refractivity contribution in [1.82, 2.24) is 14.3 Å². The fourth-order valence-electron chi connectivity index (χ4n) is 4.45. The summed E-state index contributed by atoms with van der Waals surface area (Å²) in [6.45, 7) is 5.88. The van der Waals surface area contributed by atoms with Crippen LogP contribution in [-0.4, -0.2) is 57.2 Å². The molecule has 4 fully saturated rings. The number of rotatable bonds is 6. The van der Waals surface area contributed by atoms with Crippen LogP contribution in [-0.2, 0) is 4.74 Å². The first-order chi connectivity index (χ1) is 15.8. The van der Waals surface area contributed by atoms with E-state index in [2.05, 4.69) is 33.8 Å². The molecule has 2 aromatic rings. The first kappa shape index (κ1) is 21.9. The minimum atomic E-state index is -1.52. The Kier molecular flexibility index (Phi) is 5.10. The van der Waals surface area contributed by atoms with Gasteiger partial charge in [0.2, 0.25) is 0 Å². The van der Waals surface area contributed by atoms with Gasteiger partial charge in [-0.15, -0.1) is 0 Å². The Morgan fingerprint density at radius 2 is 1.85 bits per heavy atom. The average Bonchev–Trinajstić information content (AvgIpc) is 3.67. The van der Waals surface area contributed by atoms with Crippen molar-refractivity contribution in [2.75, 3.05) is 31.2 Å². The molecule has 0 aromatic carbocycles. The topological polar surface area (TPSA) is 89.5 Å². The first-order valence-corrected chi connectivity index (χ1v) is 13.2. The Balaban J connectivity index is 1.31. The van der Waals surface area contributed by atoms with Gasteiger partial charge in [-0.1, -0.05) is 11.8 Å². The largest absolute Gasteiger partial charge is 0.380 e. The van der Waals surface area contributed by atoms with Crippen LogP contribution in [0.5, 0.6) is 0 Å². The van der Waals surface area contributed by atoms with Gasteiger partial charge in [0.05, 0.1) is 30.5 Å². The molecule has 0 bridgehead atoms. The quantitative estimate of drug-likeness (QED) is 0.312. The minimum absolute atomic E-state index is 0.0648. The van der Waals surface area contributed by atoms with Crippen LogP contribution in [0.3, 0.4) is 0 Å². The van der Waals surface area contributed by atoms with Gasteiger partial charge in [0.1, 0.15) is 15.9 Å². The summed E-state index contributed by atoms with van der Waals surface area (Å²) in [6.07, 6.45) is 7.04. The number of aromatic nitrogens is 2. The van der Waals surface area contributed by atoms with Gasteiger partial charge < -0.3 is 9.64 Å². The van der Waals surface area contributed by atoms with Crippen molar-refractivity contribution in [3.63, 3.8) is 0 Å². The summed E-state index contributed by atoms with van der Waals surface area (Å²) in [5.74, 6) is 1.02. The zero-order valence-electron chi connectivity index (χ0n) is 18.7. The van der Waals surface area contributed by atoms with Gasteiger partial charge in [0.25, 0.3) is 0 Å². The molecule has 10 heteroatoms. The predicted octanol–water partition coefficient (Wildman–Crippen LogP) is 4.64. The van der Waals surface area contributed by atoms with Crippen LogP contribution in [0, 0.1) is 16.2 Å². The number of thioether (sulfide) groups is 1. The van der Waals surface area contributed by atoms with E-state index < -0.39 is 5.67 Å². The van der Waals surface area contributed by atoms with Crippen molar-refractivity contribution in [3.05, 3.63) is 23.9 Å². The van der Waals surface area contributed by atoms with Gasteiger partial charge >= 0.3 is 0 Å². The molecule has 7 nitrogen and oxygen atoms in total. The molecule has 2 saturated heterocycles. The third kappa shape index (κ3) is 4.09. The molecule has 2 aliphatic heterocycles. The Hall–Kier alpha value is -1.62. The highest BCUT2D eigenvalue weighted by Gasteiger charge is 2.48. The Morgan fingerprint density at radius 3 is 2.45 bits per heavy atom. The number of piperidine rings is 1. The molecule has 3 N–H and O–H groups in total. The summed E-state index contributed by atoms with van der Waals surface area (Å²) < 4.78 is 25.3. The van der Waals surface area contributed by atoms with Crippen LogP contribution in [0.15, 0.2) is 23.2 Å². The second-order valence-electron chi connectivity index (χ2n) is 10.4. The molecule has 2 saturated carbocycles. The van der Waals surface area contributed by atoms with E-state index in [1.54, 1.807) is 18.1 Å². The monoisotopic (exact) mass is 488 g/mol. The number of halogens is 1. The molecule has 2 aromatic heterocycles. The van der Waals surface area contributed by atoms with Crippen molar-refractivity contribution in [3.8, 4) is 0 Å². The van der Waals surface area contributed by atoms with Gasteiger partial charge in [-0.2, -0.15) is 5.10 Å². The Bertz CT molecular complexity index is 1130. The molecule has 1 spiro atoms. The van der Waals surface area contributed by atoms with Crippen molar-refractivity contribution in [1.29, 1.82) is 10.8 Å². The lowest BCUT2D eigenvalue weighted by Gasteiger charge is -2.47. The summed E-state index contributed by atoms with van der Waals surface area (Å²) in [6, 6.07) is 4.24. The van der Waals surface area contributed by atoms with E-state index in [0.717, 1.165) is 67.1 Å². The fourth-order valence-corrected chi connectivity index (χ4v) is 6.21. The number of hydrogen-bond acceptors (Lipinski definition) is 8. The minimum Gasteiger partial charge on any atom is -0.380 e. The maximum Gasteiger partial charge on any atom is 0.158 e. The lowest BCUT2D eigenvalue weighted by Crippen LogP contribution is -2.51. The summed E-state index contributed by atoms with van der Waals surface area (Å²) in [4.78, 5) is 3.46. The van der Waals surface area contributed by atoms with E-state index in [4.69, 9.17) is 15.6 Å². The van der Waals surface area contributed by atoms with Crippen LogP contribution in [0.1, 0.15) is 51.0 Å². The van der Waals surface area contributed by atoms with Crippen molar-refractivity contribution in [2.24, 2.45) is 5.41 Å². The van der Waals surface area contributed by atoms with E-state index in [0.29, 0.717) is 23.8 Å². The SMILES string of the molecule is CC1(NSc2cc(N3CCC4(CC3)COC4)n3ncc(C(=N)SC(=N)C4(F)CC4)c3c2)CC1. The highest BCUT2D eigenvalue weighted by Crippen LogP contribution is 2.45. The molecule has 0 atom stereocenters. The zero-order chi connectivity index (χ0) is 22.8.